The molecule has 3 nitrogen and oxygen atoms in total. The average Bonchev–Trinajstić information content (AvgIpc) is 2.10. The zero-order valence-corrected chi connectivity index (χ0v) is 10.2. The van der Waals surface area contributed by atoms with Gasteiger partial charge in [0.25, 0.3) is 0 Å². The van der Waals surface area contributed by atoms with E-state index >= 15 is 0 Å². The Labute approximate surface area is 92.2 Å². The number of nitrogens with two attached hydrogens (primary N) is 1. The van der Waals surface area contributed by atoms with Crippen molar-refractivity contribution >= 4 is 17.2 Å². The van der Waals surface area contributed by atoms with Gasteiger partial charge in [-0.3, -0.25) is 9.80 Å². The van der Waals surface area contributed by atoms with Crippen LogP contribution in [0, 0.1) is 0 Å². The number of rotatable bonds is 3. The van der Waals surface area contributed by atoms with E-state index in [9.17, 15) is 0 Å². The first-order valence-electron chi connectivity index (χ1n) is 5.23. The molecule has 82 valence electrons. The molecule has 1 fully saturated rings. The number of likely N-dealkylation sites (N-methyl/N-ethyl adjacent to an activating group) is 1. The van der Waals surface area contributed by atoms with Gasteiger partial charge in [-0.15, -0.1) is 0 Å². The van der Waals surface area contributed by atoms with E-state index in [1.807, 2.05) is 0 Å². The van der Waals surface area contributed by atoms with Gasteiger partial charge in [-0.25, -0.2) is 0 Å². The van der Waals surface area contributed by atoms with E-state index in [-0.39, 0.29) is 0 Å². The van der Waals surface area contributed by atoms with Crippen LogP contribution in [-0.4, -0.2) is 53.6 Å². The van der Waals surface area contributed by atoms with E-state index < -0.39 is 0 Å². The predicted octanol–water partition coefficient (Wildman–Crippen LogP) is 0.687. The van der Waals surface area contributed by atoms with Gasteiger partial charge in [0.05, 0.1) is 4.99 Å². The minimum atomic E-state index is 0.629. The molecule has 2 unspecified atom stereocenters. The summed E-state index contributed by atoms with van der Waals surface area (Å²) >= 11 is 4.89. The molecule has 0 aromatic carbocycles. The summed E-state index contributed by atoms with van der Waals surface area (Å²) in [6, 6.07) is 1.26. The summed E-state index contributed by atoms with van der Waals surface area (Å²) in [6.45, 7) is 7.80. The van der Waals surface area contributed by atoms with Crippen LogP contribution >= 0.6 is 12.2 Å². The molecule has 0 spiro atoms. The summed E-state index contributed by atoms with van der Waals surface area (Å²) in [7, 11) is 2.19. The van der Waals surface area contributed by atoms with Crippen LogP contribution in [-0.2, 0) is 0 Å². The molecule has 1 heterocycles. The van der Waals surface area contributed by atoms with Gasteiger partial charge in [-0.05, 0) is 20.9 Å². The Kier molecular flexibility index (Phi) is 4.29. The fraction of sp³-hybridized carbons (Fsp3) is 0.900. The fourth-order valence-electron chi connectivity index (χ4n) is 1.96. The van der Waals surface area contributed by atoms with Gasteiger partial charge < -0.3 is 5.73 Å². The smallest absolute Gasteiger partial charge is 0.0740 e. The molecular formula is C10H21N3S. The van der Waals surface area contributed by atoms with Crippen molar-refractivity contribution in [3.8, 4) is 0 Å². The molecule has 0 saturated carbocycles. The largest absolute Gasteiger partial charge is 0.393 e. The minimum absolute atomic E-state index is 0.629. The van der Waals surface area contributed by atoms with Crippen LogP contribution in [0.2, 0.25) is 0 Å². The van der Waals surface area contributed by atoms with Gasteiger partial charge in [0.2, 0.25) is 0 Å². The molecule has 14 heavy (non-hydrogen) atoms. The second-order valence-corrected chi connectivity index (χ2v) is 4.86. The molecule has 1 aliphatic heterocycles. The van der Waals surface area contributed by atoms with E-state index in [1.54, 1.807) is 0 Å². The third kappa shape index (κ3) is 3.19. The number of hydrogen-bond donors (Lipinski definition) is 1. The Morgan fingerprint density at radius 3 is 2.29 bits per heavy atom. The van der Waals surface area contributed by atoms with Crippen LogP contribution in [0.5, 0.6) is 0 Å². The van der Waals surface area contributed by atoms with Crippen LogP contribution < -0.4 is 5.73 Å². The molecule has 2 atom stereocenters. The van der Waals surface area contributed by atoms with Crippen LogP contribution in [0.3, 0.4) is 0 Å². The van der Waals surface area contributed by atoms with Crippen molar-refractivity contribution in [2.24, 2.45) is 5.73 Å². The SMILES string of the molecule is CC1CN(CCC(N)=S)CC(C)N1C. The second-order valence-electron chi connectivity index (χ2n) is 4.34. The first-order chi connectivity index (χ1) is 6.50. The number of piperazine rings is 1. The molecule has 1 aliphatic rings. The van der Waals surface area contributed by atoms with Gasteiger partial charge >= 0.3 is 0 Å². The molecule has 1 saturated heterocycles. The van der Waals surface area contributed by atoms with Gasteiger partial charge in [-0.1, -0.05) is 12.2 Å². The van der Waals surface area contributed by atoms with Crippen LogP contribution in [0.25, 0.3) is 0 Å². The lowest BCUT2D eigenvalue weighted by molar-refractivity contribution is 0.0619. The molecule has 0 aromatic heterocycles. The first kappa shape index (κ1) is 11.9. The summed E-state index contributed by atoms with van der Waals surface area (Å²) < 4.78 is 0. The Balaban J connectivity index is 2.38. The zero-order chi connectivity index (χ0) is 10.7. The van der Waals surface area contributed by atoms with Crippen LogP contribution in [0.15, 0.2) is 0 Å². The van der Waals surface area contributed by atoms with E-state index in [0.29, 0.717) is 17.1 Å². The molecular weight excluding hydrogens is 194 g/mol. The Hall–Kier alpha value is -0.190. The highest BCUT2D eigenvalue weighted by Crippen LogP contribution is 2.13. The molecule has 0 aliphatic carbocycles. The van der Waals surface area contributed by atoms with Gasteiger partial charge in [0.15, 0.2) is 0 Å². The molecule has 2 N–H and O–H groups in total. The van der Waals surface area contributed by atoms with E-state index in [4.69, 9.17) is 18.0 Å². The first-order valence-corrected chi connectivity index (χ1v) is 5.64. The second kappa shape index (κ2) is 5.05. The number of nitrogens with zero attached hydrogens (tertiary/aromatic N) is 2. The van der Waals surface area contributed by atoms with Gasteiger partial charge in [0.1, 0.15) is 0 Å². The molecule has 0 amide bonds. The maximum atomic E-state index is 5.50. The van der Waals surface area contributed by atoms with Gasteiger partial charge in [-0.2, -0.15) is 0 Å². The molecule has 0 aromatic rings. The zero-order valence-electron chi connectivity index (χ0n) is 9.36. The van der Waals surface area contributed by atoms with E-state index in [2.05, 4.69) is 30.7 Å². The number of thiocarbonyl (C=S) groups is 1. The average molecular weight is 215 g/mol. The third-order valence-electron chi connectivity index (χ3n) is 3.11. The molecule has 1 rings (SSSR count). The fourth-order valence-corrected chi connectivity index (χ4v) is 2.06. The lowest BCUT2D eigenvalue weighted by atomic mass is 10.1. The van der Waals surface area contributed by atoms with Crippen molar-refractivity contribution < 1.29 is 0 Å². The summed E-state index contributed by atoms with van der Waals surface area (Å²) in [5.74, 6) is 0. The highest BCUT2D eigenvalue weighted by atomic mass is 32.1. The molecule has 0 bridgehead atoms. The highest BCUT2D eigenvalue weighted by Gasteiger charge is 2.25. The third-order valence-corrected chi connectivity index (χ3v) is 3.31. The summed E-state index contributed by atoms with van der Waals surface area (Å²) in [6.07, 6.45) is 0.846. The monoisotopic (exact) mass is 215 g/mol. The maximum absolute atomic E-state index is 5.50. The van der Waals surface area contributed by atoms with Crippen molar-refractivity contribution in [1.29, 1.82) is 0 Å². The summed E-state index contributed by atoms with van der Waals surface area (Å²) in [5.41, 5.74) is 5.50. The number of hydrogen-bond acceptors (Lipinski definition) is 3. The highest BCUT2D eigenvalue weighted by molar-refractivity contribution is 7.80. The normalized spacial score (nSPS) is 30.5. The maximum Gasteiger partial charge on any atom is 0.0740 e. The molecule has 4 heteroatoms. The lowest BCUT2D eigenvalue weighted by Gasteiger charge is -2.42. The van der Waals surface area contributed by atoms with Crippen molar-refractivity contribution in [2.75, 3.05) is 26.7 Å². The van der Waals surface area contributed by atoms with E-state index in [0.717, 1.165) is 26.1 Å². The topological polar surface area (TPSA) is 32.5 Å². The lowest BCUT2D eigenvalue weighted by Crippen LogP contribution is -2.55. The quantitative estimate of drug-likeness (QED) is 0.702. The van der Waals surface area contributed by atoms with Crippen molar-refractivity contribution in [2.45, 2.75) is 32.4 Å². The Morgan fingerprint density at radius 1 is 1.36 bits per heavy atom. The van der Waals surface area contributed by atoms with Gasteiger partial charge in [0, 0.05) is 38.1 Å². The Bertz CT molecular complexity index is 196. The van der Waals surface area contributed by atoms with E-state index in [1.165, 1.54) is 0 Å². The Morgan fingerprint density at radius 2 is 1.86 bits per heavy atom. The summed E-state index contributed by atoms with van der Waals surface area (Å²) in [4.78, 5) is 5.51. The molecule has 0 radical (unpaired) electrons. The van der Waals surface area contributed by atoms with Crippen molar-refractivity contribution in [1.82, 2.24) is 9.80 Å². The standard InChI is InChI=1S/C10H21N3S/c1-8-6-13(5-4-10(11)14)7-9(2)12(8)3/h8-9H,4-7H2,1-3H3,(H2,11,14). The minimum Gasteiger partial charge on any atom is -0.393 e. The van der Waals surface area contributed by atoms with Crippen LogP contribution in [0.4, 0.5) is 0 Å². The predicted molar refractivity (Wildman–Crippen MR) is 64.5 cm³/mol. The van der Waals surface area contributed by atoms with Crippen LogP contribution in [0.1, 0.15) is 20.3 Å². The van der Waals surface area contributed by atoms with Crippen molar-refractivity contribution in [3.63, 3.8) is 0 Å². The summed E-state index contributed by atoms with van der Waals surface area (Å²) in [5, 5.41) is 0. The van der Waals surface area contributed by atoms with Crippen molar-refractivity contribution in [3.05, 3.63) is 0 Å².